The maximum absolute atomic E-state index is 14.0. The molecule has 0 radical (unpaired) electrons. The molecular formula is C33H42F3N3O6. The van der Waals surface area contributed by atoms with E-state index < -0.39 is 52.2 Å². The van der Waals surface area contributed by atoms with E-state index >= 15 is 0 Å². The number of aliphatic hydroxyl groups is 1. The van der Waals surface area contributed by atoms with Gasteiger partial charge in [0.25, 0.3) is 5.91 Å². The van der Waals surface area contributed by atoms with Crippen molar-refractivity contribution in [3.05, 3.63) is 59.4 Å². The summed E-state index contributed by atoms with van der Waals surface area (Å²) in [6.07, 6.45) is 0.322. The Labute approximate surface area is 261 Å². The molecule has 246 valence electrons. The van der Waals surface area contributed by atoms with E-state index in [9.17, 15) is 37.8 Å². The van der Waals surface area contributed by atoms with Crippen LogP contribution in [0.4, 0.5) is 13.2 Å². The Kier molecular flexibility index (Phi) is 10.5. The highest BCUT2D eigenvalue weighted by atomic mass is 19.4. The van der Waals surface area contributed by atoms with Crippen molar-refractivity contribution in [3.8, 4) is 5.75 Å². The first-order valence-corrected chi connectivity index (χ1v) is 15.5. The fourth-order valence-corrected chi connectivity index (χ4v) is 6.36. The molecule has 3 heterocycles. The number of carboxylic acids is 1. The van der Waals surface area contributed by atoms with Crippen LogP contribution in [0.15, 0.2) is 42.7 Å². The number of ether oxygens (including phenoxy) is 1. The number of amides is 2. The van der Waals surface area contributed by atoms with E-state index in [4.69, 9.17) is 4.74 Å². The standard InChI is InChI=1S/C33H42F3N3O6/c1-4-9-26-22(10-7-18-39(26)29(41)23-20-37-16-13-24(23)33(34,35)36)28(40)38-17-8-14-32(44,15-19-38)25-11-5-6-12-27(25)45-21-31(2,3)30(42)43/h5-6,11-13,16,20,22,26,44H,4,7-10,14-15,17-19,21H2,1-3H3,(H,42,43). The molecule has 3 atom stereocenters. The summed E-state index contributed by atoms with van der Waals surface area (Å²) in [4.78, 5) is 46.1. The van der Waals surface area contributed by atoms with Crippen LogP contribution in [0.25, 0.3) is 0 Å². The molecule has 0 bridgehead atoms. The molecule has 0 saturated carbocycles. The molecule has 45 heavy (non-hydrogen) atoms. The smallest absolute Gasteiger partial charge is 0.417 e. The van der Waals surface area contributed by atoms with E-state index in [0.29, 0.717) is 56.4 Å². The molecule has 2 saturated heterocycles. The van der Waals surface area contributed by atoms with Gasteiger partial charge >= 0.3 is 12.1 Å². The largest absolute Gasteiger partial charge is 0.492 e. The van der Waals surface area contributed by atoms with Gasteiger partial charge in [0.2, 0.25) is 5.91 Å². The third-order valence-electron chi connectivity index (χ3n) is 8.98. The van der Waals surface area contributed by atoms with Gasteiger partial charge in [-0.25, -0.2) is 0 Å². The lowest BCUT2D eigenvalue weighted by molar-refractivity contribution is -0.148. The minimum atomic E-state index is -4.72. The number of carbonyl (C=O) groups excluding carboxylic acids is 2. The molecule has 2 aliphatic rings. The zero-order valence-corrected chi connectivity index (χ0v) is 26.0. The van der Waals surface area contributed by atoms with Crippen molar-refractivity contribution in [1.29, 1.82) is 0 Å². The van der Waals surface area contributed by atoms with Crippen LogP contribution >= 0.6 is 0 Å². The van der Waals surface area contributed by atoms with Crippen molar-refractivity contribution in [2.75, 3.05) is 26.2 Å². The van der Waals surface area contributed by atoms with E-state index in [0.717, 1.165) is 18.5 Å². The molecule has 12 heteroatoms. The first-order chi connectivity index (χ1) is 21.2. The zero-order valence-electron chi connectivity index (χ0n) is 26.0. The minimum Gasteiger partial charge on any atom is -0.492 e. The third kappa shape index (κ3) is 7.59. The molecule has 3 unspecified atom stereocenters. The van der Waals surface area contributed by atoms with Crippen molar-refractivity contribution in [3.63, 3.8) is 0 Å². The van der Waals surface area contributed by atoms with Crippen LogP contribution in [0.1, 0.15) is 87.2 Å². The van der Waals surface area contributed by atoms with Crippen molar-refractivity contribution >= 4 is 17.8 Å². The highest BCUT2D eigenvalue weighted by Gasteiger charge is 2.44. The number of piperidine rings is 1. The van der Waals surface area contributed by atoms with Gasteiger partial charge in [0.15, 0.2) is 0 Å². The quantitative estimate of drug-likeness (QED) is 0.374. The monoisotopic (exact) mass is 633 g/mol. The predicted octanol–water partition coefficient (Wildman–Crippen LogP) is 5.51. The van der Waals surface area contributed by atoms with Crippen molar-refractivity contribution in [1.82, 2.24) is 14.8 Å². The van der Waals surface area contributed by atoms with Gasteiger partial charge in [0, 0.05) is 43.6 Å². The van der Waals surface area contributed by atoms with Crippen molar-refractivity contribution in [2.45, 2.75) is 83.5 Å². The van der Waals surface area contributed by atoms with Crippen LogP contribution in [-0.2, 0) is 21.4 Å². The molecule has 2 N–H and O–H groups in total. The first kappa shape index (κ1) is 34.2. The van der Waals surface area contributed by atoms with Crippen LogP contribution in [0.2, 0.25) is 0 Å². The van der Waals surface area contributed by atoms with Gasteiger partial charge in [-0.05, 0) is 64.5 Å². The van der Waals surface area contributed by atoms with Crippen LogP contribution < -0.4 is 4.74 Å². The first-order valence-electron chi connectivity index (χ1n) is 15.5. The molecule has 2 amide bonds. The van der Waals surface area contributed by atoms with Crippen LogP contribution in [0, 0.1) is 11.3 Å². The zero-order chi connectivity index (χ0) is 33.0. The van der Waals surface area contributed by atoms with Crippen molar-refractivity contribution < 1.29 is 42.5 Å². The fourth-order valence-electron chi connectivity index (χ4n) is 6.36. The Morgan fingerprint density at radius 3 is 2.49 bits per heavy atom. The molecule has 1 aromatic heterocycles. The molecule has 2 aromatic rings. The average Bonchev–Trinajstić information content (AvgIpc) is 3.21. The normalized spacial score (nSPS) is 22.9. The van der Waals surface area contributed by atoms with Crippen LogP contribution in [-0.4, -0.2) is 75.1 Å². The number of hydrogen-bond donors (Lipinski definition) is 2. The summed E-state index contributed by atoms with van der Waals surface area (Å²) in [5, 5.41) is 21.3. The number of aliphatic carboxylic acids is 1. The van der Waals surface area contributed by atoms with Crippen molar-refractivity contribution in [2.24, 2.45) is 11.3 Å². The SMILES string of the molecule is CCCC1C(C(=O)N2CCCC(O)(c3ccccc3OCC(C)(C)C(=O)O)CC2)CCCN1C(=O)c1cnccc1C(F)(F)F. The third-order valence-corrected chi connectivity index (χ3v) is 8.98. The molecule has 1 aromatic carbocycles. The number of rotatable bonds is 9. The molecular weight excluding hydrogens is 591 g/mol. The molecule has 2 aliphatic heterocycles. The average molecular weight is 634 g/mol. The Balaban J connectivity index is 1.52. The summed E-state index contributed by atoms with van der Waals surface area (Å²) in [6, 6.07) is 7.17. The second-order valence-electron chi connectivity index (χ2n) is 12.7. The Morgan fingerprint density at radius 2 is 1.80 bits per heavy atom. The predicted molar refractivity (Wildman–Crippen MR) is 159 cm³/mol. The van der Waals surface area contributed by atoms with E-state index in [2.05, 4.69) is 4.98 Å². The number of alkyl halides is 3. The summed E-state index contributed by atoms with van der Waals surface area (Å²) in [5.74, 6) is -2.17. The van der Waals surface area contributed by atoms with Gasteiger partial charge in [-0.15, -0.1) is 0 Å². The second-order valence-corrected chi connectivity index (χ2v) is 12.7. The number of nitrogens with zero attached hydrogens (tertiary/aromatic N) is 3. The molecule has 4 rings (SSSR count). The van der Waals surface area contributed by atoms with E-state index in [1.54, 1.807) is 43.0 Å². The second kappa shape index (κ2) is 13.8. The van der Waals surface area contributed by atoms with Gasteiger partial charge in [0.1, 0.15) is 12.4 Å². The maximum Gasteiger partial charge on any atom is 0.417 e. The lowest BCUT2D eigenvalue weighted by Gasteiger charge is -2.42. The van der Waals surface area contributed by atoms with Crippen LogP contribution in [0.3, 0.4) is 0 Å². The van der Waals surface area contributed by atoms with E-state index in [1.165, 1.54) is 4.90 Å². The summed E-state index contributed by atoms with van der Waals surface area (Å²) in [6.45, 7) is 5.77. The Hall–Kier alpha value is -3.67. The Morgan fingerprint density at radius 1 is 1.07 bits per heavy atom. The van der Waals surface area contributed by atoms with Gasteiger partial charge < -0.3 is 24.7 Å². The number of hydrogen-bond acceptors (Lipinski definition) is 6. The minimum absolute atomic E-state index is 0.0980. The summed E-state index contributed by atoms with van der Waals surface area (Å²) in [5.41, 5.74) is -3.51. The number of para-hydroxylation sites is 1. The highest BCUT2D eigenvalue weighted by molar-refractivity contribution is 5.96. The highest BCUT2D eigenvalue weighted by Crippen LogP contribution is 2.40. The molecule has 9 nitrogen and oxygen atoms in total. The lowest BCUT2D eigenvalue weighted by atomic mass is 9.84. The molecule has 2 fully saturated rings. The summed E-state index contributed by atoms with van der Waals surface area (Å²) in [7, 11) is 0. The number of aromatic nitrogens is 1. The topological polar surface area (TPSA) is 120 Å². The number of benzene rings is 1. The molecule has 0 aliphatic carbocycles. The number of carboxylic acid groups (broad SMARTS) is 1. The maximum atomic E-state index is 14.0. The number of pyridine rings is 1. The van der Waals surface area contributed by atoms with E-state index in [-0.39, 0.29) is 32.0 Å². The summed E-state index contributed by atoms with van der Waals surface area (Å²) < 4.78 is 47.1. The van der Waals surface area contributed by atoms with Gasteiger partial charge in [0.05, 0.1) is 28.1 Å². The Bertz CT molecular complexity index is 1380. The fraction of sp³-hybridized carbons (Fsp3) is 0.576. The van der Waals surface area contributed by atoms with Gasteiger partial charge in [-0.3, -0.25) is 19.4 Å². The van der Waals surface area contributed by atoms with Gasteiger partial charge in [-0.1, -0.05) is 31.5 Å². The van der Waals surface area contributed by atoms with Gasteiger partial charge in [-0.2, -0.15) is 13.2 Å². The number of halogens is 3. The number of carbonyl (C=O) groups is 3. The lowest BCUT2D eigenvalue weighted by Crippen LogP contribution is -2.54. The number of likely N-dealkylation sites (tertiary alicyclic amines) is 2. The van der Waals surface area contributed by atoms with E-state index in [1.807, 2.05) is 6.92 Å². The summed E-state index contributed by atoms with van der Waals surface area (Å²) >= 11 is 0. The van der Waals surface area contributed by atoms with Crippen LogP contribution in [0.5, 0.6) is 5.75 Å². The molecule has 0 spiro atoms.